The van der Waals surface area contributed by atoms with Gasteiger partial charge in [0.1, 0.15) is 11.6 Å². The Morgan fingerprint density at radius 2 is 2.00 bits per heavy atom. The van der Waals surface area contributed by atoms with Crippen molar-refractivity contribution in [2.75, 3.05) is 12.8 Å². The smallest absolute Gasteiger partial charge is 0.330 e. The van der Waals surface area contributed by atoms with E-state index in [0.29, 0.717) is 12.5 Å². The van der Waals surface area contributed by atoms with Crippen molar-refractivity contribution in [3.63, 3.8) is 0 Å². The van der Waals surface area contributed by atoms with Crippen molar-refractivity contribution in [3.05, 3.63) is 56.2 Å². The first-order valence-corrected chi connectivity index (χ1v) is 7.85. The van der Waals surface area contributed by atoms with Crippen molar-refractivity contribution in [3.8, 4) is 5.75 Å². The molecule has 0 spiro atoms. The Bertz CT molecular complexity index is 817. The van der Waals surface area contributed by atoms with E-state index in [0.717, 1.165) is 11.3 Å². The van der Waals surface area contributed by atoms with Gasteiger partial charge in [-0.15, -0.1) is 0 Å². The number of methoxy groups -OCH3 is 1. The zero-order valence-corrected chi connectivity index (χ0v) is 13.2. The lowest BCUT2D eigenvalue weighted by Crippen LogP contribution is -2.31. The molecule has 2 aromatic rings. The highest BCUT2D eigenvalue weighted by atomic mass is 16.5. The van der Waals surface area contributed by atoms with Gasteiger partial charge in [0.25, 0.3) is 5.56 Å². The van der Waals surface area contributed by atoms with E-state index in [1.807, 2.05) is 12.1 Å². The first-order chi connectivity index (χ1) is 11.1. The van der Waals surface area contributed by atoms with Crippen LogP contribution in [0.4, 0.5) is 5.82 Å². The third-order valence-corrected chi connectivity index (χ3v) is 4.50. The second-order valence-corrected chi connectivity index (χ2v) is 6.01. The minimum Gasteiger partial charge on any atom is -0.496 e. The van der Waals surface area contributed by atoms with E-state index in [1.54, 1.807) is 7.11 Å². The number of aromatic nitrogens is 2. The third kappa shape index (κ3) is 3.16. The number of rotatable bonds is 4. The molecule has 1 aromatic heterocycles. The van der Waals surface area contributed by atoms with Gasteiger partial charge in [0.05, 0.1) is 13.7 Å². The molecule has 0 aliphatic heterocycles. The van der Waals surface area contributed by atoms with Crippen LogP contribution in [-0.2, 0) is 6.54 Å². The summed E-state index contributed by atoms with van der Waals surface area (Å²) in [5.74, 6) is 1.56. The van der Waals surface area contributed by atoms with Crippen LogP contribution in [0.1, 0.15) is 42.7 Å². The summed E-state index contributed by atoms with van der Waals surface area (Å²) in [5.41, 5.74) is 6.99. The molecule has 0 unspecified atom stereocenters. The Labute approximate surface area is 133 Å². The van der Waals surface area contributed by atoms with Crippen LogP contribution < -0.4 is 21.7 Å². The van der Waals surface area contributed by atoms with Crippen molar-refractivity contribution in [2.24, 2.45) is 0 Å². The van der Waals surface area contributed by atoms with Gasteiger partial charge in [0, 0.05) is 6.07 Å². The van der Waals surface area contributed by atoms with Crippen LogP contribution in [0.2, 0.25) is 0 Å². The zero-order chi connectivity index (χ0) is 16.4. The molecule has 0 atom stereocenters. The summed E-state index contributed by atoms with van der Waals surface area (Å²) in [6, 6.07) is 7.18. The topological polar surface area (TPSA) is 90.1 Å². The van der Waals surface area contributed by atoms with E-state index in [2.05, 4.69) is 11.1 Å². The quantitative estimate of drug-likeness (QED) is 0.900. The van der Waals surface area contributed by atoms with Gasteiger partial charge in [-0.25, -0.2) is 4.79 Å². The first-order valence-electron chi connectivity index (χ1n) is 7.85. The van der Waals surface area contributed by atoms with Gasteiger partial charge in [-0.1, -0.05) is 25.0 Å². The molecule has 1 aromatic carbocycles. The second kappa shape index (κ2) is 6.32. The van der Waals surface area contributed by atoms with Gasteiger partial charge in [0.2, 0.25) is 0 Å². The monoisotopic (exact) mass is 315 g/mol. The van der Waals surface area contributed by atoms with E-state index in [9.17, 15) is 9.59 Å². The summed E-state index contributed by atoms with van der Waals surface area (Å²) in [4.78, 5) is 25.4. The number of H-pyrrole nitrogens is 1. The molecule has 0 radical (unpaired) electrons. The molecule has 6 heteroatoms. The number of ether oxygens (including phenoxy) is 1. The standard InChI is InChI=1S/C17H21N3O3/c1-23-14-7-6-11(8-13(14)12-4-2-3-5-12)10-20-15(18)9-16(21)19-17(20)22/h6-9,12H,2-5,10,18H2,1H3,(H,19,21,22). The fourth-order valence-corrected chi connectivity index (χ4v) is 3.32. The molecule has 1 heterocycles. The SMILES string of the molecule is COc1ccc(Cn2c(N)cc(=O)[nH]c2=O)cc1C1CCCC1. The third-order valence-electron chi connectivity index (χ3n) is 4.50. The Morgan fingerprint density at radius 1 is 1.26 bits per heavy atom. The molecule has 1 aliphatic rings. The molecule has 3 N–H and O–H groups in total. The maximum absolute atomic E-state index is 11.9. The van der Waals surface area contributed by atoms with Gasteiger partial charge in [-0.2, -0.15) is 0 Å². The number of nitrogens with two attached hydrogens (primary N) is 1. The minimum absolute atomic E-state index is 0.164. The molecule has 0 bridgehead atoms. The molecule has 6 nitrogen and oxygen atoms in total. The lowest BCUT2D eigenvalue weighted by Gasteiger charge is -2.17. The van der Waals surface area contributed by atoms with Gasteiger partial charge < -0.3 is 10.5 Å². The van der Waals surface area contributed by atoms with Crippen molar-refractivity contribution in [1.82, 2.24) is 9.55 Å². The summed E-state index contributed by atoms with van der Waals surface area (Å²) in [5, 5.41) is 0. The minimum atomic E-state index is -0.492. The molecule has 1 aliphatic carbocycles. The van der Waals surface area contributed by atoms with E-state index in [1.165, 1.54) is 41.9 Å². The number of nitrogens with one attached hydrogen (secondary N) is 1. The molecule has 122 valence electrons. The fraction of sp³-hybridized carbons (Fsp3) is 0.412. The Hall–Kier alpha value is -2.50. The second-order valence-electron chi connectivity index (χ2n) is 6.01. The highest BCUT2D eigenvalue weighted by Gasteiger charge is 2.21. The number of hydrogen-bond donors (Lipinski definition) is 2. The molecular formula is C17H21N3O3. The Morgan fingerprint density at radius 3 is 2.65 bits per heavy atom. The van der Waals surface area contributed by atoms with Crippen LogP contribution in [0.5, 0.6) is 5.75 Å². The Kier molecular flexibility index (Phi) is 4.23. The van der Waals surface area contributed by atoms with E-state index in [-0.39, 0.29) is 5.82 Å². The maximum Gasteiger partial charge on any atom is 0.330 e. The highest BCUT2D eigenvalue weighted by molar-refractivity contribution is 5.41. The number of benzene rings is 1. The van der Waals surface area contributed by atoms with Gasteiger partial charge >= 0.3 is 5.69 Å². The largest absolute Gasteiger partial charge is 0.496 e. The van der Waals surface area contributed by atoms with Crippen LogP contribution in [0.15, 0.2) is 33.9 Å². The van der Waals surface area contributed by atoms with Crippen molar-refractivity contribution < 1.29 is 4.74 Å². The summed E-state index contributed by atoms with van der Waals surface area (Å²) in [7, 11) is 1.68. The Balaban J connectivity index is 1.96. The average Bonchev–Trinajstić information content (AvgIpc) is 3.05. The van der Waals surface area contributed by atoms with Gasteiger partial charge in [-0.3, -0.25) is 14.3 Å². The van der Waals surface area contributed by atoms with Crippen molar-refractivity contribution >= 4 is 5.82 Å². The van der Waals surface area contributed by atoms with Crippen LogP contribution in [0.3, 0.4) is 0 Å². The van der Waals surface area contributed by atoms with Gasteiger partial charge in [0.15, 0.2) is 0 Å². The molecule has 23 heavy (non-hydrogen) atoms. The summed E-state index contributed by atoms with van der Waals surface area (Å²) >= 11 is 0. The van der Waals surface area contributed by atoms with Crippen molar-refractivity contribution in [1.29, 1.82) is 0 Å². The number of anilines is 1. The van der Waals surface area contributed by atoms with Crippen LogP contribution in [0.25, 0.3) is 0 Å². The number of nitrogen functional groups attached to an aromatic ring is 1. The predicted octanol–water partition coefficient (Wildman–Crippen LogP) is 1.83. The fourth-order valence-electron chi connectivity index (χ4n) is 3.32. The zero-order valence-electron chi connectivity index (χ0n) is 13.2. The maximum atomic E-state index is 11.9. The predicted molar refractivity (Wildman–Crippen MR) is 89.0 cm³/mol. The lowest BCUT2D eigenvalue weighted by atomic mass is 9.95. The summed E-state index contributed by atoms with van der Waals surface area (Å²) in [6.45, 7) is 0.325. The summed E-state index contributed by atoms with van der Waals surface area (Å²) in [6.07, 6.45) is 4.82. The van der Waals surface area contributed by atoms with Gasteiger partial charge in [-0.05, 0) is 36.0 Å². The number of hydrogen-bond acceptors (Lipinski definition) is 4. The van der Waals surface area contributed by atoms with E-state index < -0.39 is 11.2 Å². The first kappa shape index (κ1) is 15.4. The molecule has 1 fully saturated rings. The number of nitrogens with zero attached hydrogens (tertiary/aromatic N) is 1. The molecule has 3 rings (SSSR count). The molecule has 0 amide bonds. The highest BCUT2D eigenvalue weighted by Crippen LogP contribution is 2.39. The number of aromatic amines is 1. The molecular weight excluding hydrogens is 294 g/mol. The summed E-state index contributed by atoms with van der Waals surface area (Å²) < 4.78 is 6.85. The van der Waals surface area contributed by atoms with Crippen LogP contribution in [0, 0.1) is 0 Å². The molecule has 0 saturated heterocycles. The molecule has 1 saturated carbocycles. The average molecular weight is 315 g/mol. The van der Waals surface area contributed by atoms with E-state index in [4.69, 9.17) is 10.5 Å². The van der Waals surface area contributed by atoms with Crippen LogP contribution >= 0.6 is 0 Å². The van der Waals surface area contributed by atoms with Crippen molar-refractivity contribution in [2.45, 2.75) is 38.1 Å². The lowest BCUT2D eigenvalue weighted by molar-refractivity contribution is 0.405. The van der Waals surface area contributed by atoms with E-state index >= 15 is 0 Å². The van der Waals surface area contributed by atoms with Crippen LogP contribution in [-0.4, -0.2) is 16.7 Å². The normalized spacial score (nSPS) is 15.0.